The monoisotopic (exact) mass is 598 g/mol. The van der Waals surface area contributed by atoms with Gasteiger partial charge in [0, 0.05) is 5.56 Å². The predicted octanol–water partition coefficient (Wildman–Crippen LogP) is 10.4. The average Bonchev–Trinajstić information content (AvgIpc) is 3.07. The Hall–Kier alpha value is -3.70. The van der Waals surface area contributed by atoms with Crippen molar-refractivity contribution in [3.63, 3.8) is 0 Å². The zero-order valence-corrected chi connectivity index (χ0v) is 26.9. The molecule has 0 radical (unpaired) electrons. The van der Waals surface area contributed by atoms with Crippen molar-refractivity contribution in [3.8, 4) is 23.0 Å². The molecule has 5 heteroatoms. The van der Waals surface area contributed by atoms with Crippen LogP contribution in [0.4, 0.5) is 0 Å². The number of benzene rings is 4. The van der Waals surface area contributed by atoms with Gasteiger partial charge in [0.15, 0.2) is 0 Å². The lowest BCUT2D eigenvalue weighted by atomic mass is 9.96. The molecule has 1 unspecified atom stereocenters. The molecule has 0 aliphatic heterocycles. The van der Waals surface area contributed by atoms with Gasteiger partial charge in [-0.2, -0.15) is 0 Å². The van der Waals surface area contributed by atoms with Crippen LogP contribution in [-0.2, 0) is 13.2 Å². The molecule has 44 heavy (non-hydrogen) atoms. The molecule has 1 atom stereocenters. The van der Waals surface area contributed by atoms with E-state index in [4.69, 9.17) is 18.9 Å². The smallest absolute Gasteiger partial charge is 0.136 e. The third-order valence-electron chi connectivity index (χ3n) is 8.24. The number of hydrogen-bond donors (Lipinski definition) is 1. The van der Waals surface area contributed by atoms with E-state index in [9.17, 15) is 5.11 Å². The summed E-state index contributed by atoms with van der Waals surface area (Å²) in [6.45, 7) is 3.07. The molecule has 0 saturated heterocycles. The van der Waals surface area contributed by atoms with Crippen LogP contribution in [0.25, 0.3) is 10.8 Å². The second-order valence-corrected chi connectivity index (χ2v) is 11.5. The van der Waals surface area contributed by atoms with Crippen molar-refractivity contribution in [1.82, 2.24) is 0 Å². The van der Waals surface area contributed by atoms with Crippen LogP contribution in [0.1, 0.15) is 100 Å². The van der Waals surface area contributed by atoms with Gasteiger partial charge in [0.25, 0.3) is 0 Å². The van der Waals surface area contributed by atoms with Crippen molar-refractivity contribution in [1.29, 1.82) is 0 Å². The highest BCUT2D eigenvalue weighted by atomic mass is 16.5. The summed E-state index contributed by atoms with van der Waals surface area (Å²) in [5.74, 6) is 2.53. The zero-order chi connectivity index (χ0) is 31.0. The van der Waals surface area contributed by atoms with Crippen LogP contribution in [0.5, 0.6) is 23.0 Å². The molecule has 4 aromatic rings. The first-order valence-electron chi connectivity index (χ1n) is 16.4. The molecule has 5 nitrogen and oxygen atoms in total. The molecular weight excluding hydrogens is 548 g/mol. The molecule has 0 spiro atoms. The number of aliphatic hydroxyl groups is 1. The molecule has 0 saturated carbocycles. The van der Waals surface area contributed by atoms with Crippen LogP contribution in [0.2, 0.25) is 0 Å². The Bertz CT molecular complexity index is 1390. The van der Waals surface area contributed by atoms with Gasteiger partial charge in [0.05, 0.1) is 31.1 Å². The lowest BCUT2D eigenvalue weighted by Gasteiger charge is -2.22. The number of rotatable bonds is 20. The summed E-state index contributed by atoms with van der Waals surface area (Å²) in [5.41, 5.74) is 2.84. The number of unbranched alkanes of at least 4 members (excludes halogenated alkanes) is 9. The number of aliphatic hydroxyl groups excluding tert-OH is 1. The Morgan fingerprint density at radius 2 is 1.07 bits per heavy atom. The Balaban J connectivity index is 1.56. The first-order chi connectivity index (χ1) is 21.7. The summed E-state index contributed by atoms with van der Waals surface area (Å²) in [5, 5.41) is 13.0. The fourth-order valence-electron chi connectivity index (χ4n) is 5.78. The van der Waals surface area contributed by atoms with E-state index in [2.05, 4.69) is 6.92 Å². The molecule has 0 heterocycles. The minimum absolute atomic E-state index is 0.400. The SMILES string of the molecule is CCCCCCCCCCCCC(O)c1cc(OC)c2c(OCc3ccccc3)ccc(OCc3ccccc3)c2c1OC. The van der Waals surface area contributed by atoms with E-state index in [1.165, 1.54) is 51.4 Å². The maximum atomic E-state index is 11.4. The predicted molar refractivity (Wildman–Crippen MR) is 180 cm³/mol. The highest BCUT2D eigenvalue weighted by Gasteiger charge is 2.25. The van der Waals surface area contributed by atoms with Crippen molar-refractivity contribution in [3.05, 3.63) is 95.6 Å². The standard InChI is InChI=1S/C39H50O5/c1-4-5-6-7-8-9-10-11-12-19-24-33(40)32-27-36(41-2)37-34(43-28-30-20-15-13-16-21-30)25-26-35(38(37)39(32)42-3)44-29-31-22-17-14-18-23-31/h13-18,20-23,25-27,33,40H,4-12,19,24,28-29H2,1-3H3. The Labute approximate surface area is 264 Å². The minimum Gasteiger partial charge on any atom is -0.496 e. The van der Waals surface area contributed by atoms with E-state index in [0.717, 1.165) is 34.7 Å². The third kappa shape index (κ3) is 9.40. The van der Waals surface area contributed by atoms with Gasteiger partial charge in [-0.3, -0.25) is 0 Å². The molecule has 0 bridgehead atoms. The van der Waals surface area contributed by atoms with Gasteiger partial charge in [0.1, 0.15) is 36.2 Å². The summed E-state index contributed by atoms with van der Waals surface area (Å²) in [7, 11) is 3.30. The van der Waals surface area contributed by atoms with E-state index < -0.39 is 6.10 Å². The zero-order valence-electron chi connectivity index (χ0n) is 26.9. The Morgan fingerprint density at radius 1 is 0.568 bits per heavy atom. The van der Waals surface area contributed by atoms with Gasteiger partial charge in [-0.25, -0.2) is 0 Å². The highest BCUT2D eigenvalue weighted by molar-refractivity contribution is 6.03. The number of methoxy groups -OCH3 is 2. The topological polar surface area (TPSA) is 57.2 Å². The fraction of sp³-hybridized carbons (Fsp3) is 0.436. The molecule has 4 aromatic carbocycles. The maximum absolute atomic E-state index is 11.4. The van der Waals surface area contributed by atoms with Crippen LogP contribution in [0.3, 0.4) is 0 Å². The normalized spacial score (nSPS) is 11.8. The van der Waals surface area contributed by atoms with Gasteiger partial charge in [0.2, 0.25) is 0 Å². The summed E-state index contributed by atoms with van der Waals surface area (Å²) in [4.78, 5) is 0. The Kier molecular flexibility index (Phi) is 13.7. The molecule has 0 fully saturated rings. The van der Waals surface area contributed by atoms with Crippen molar-refractivity contribution in [2.24, 2.45) is 0 Å². The van der Waals surface area contributed by atoms with Crippen LogP contribution < -0.4 is 18.9 Å². The van der Waals surface area contributed by atoms with Crippen LogP contribution in [-0.4, -0.2) is 19.3 Å². The first kappa shape index (κ1) is 33.2. The summed E-state index contributed by atoms with van der Waals surface area (Å²) < 4.78 is 24.7. The molecule has 1 N–H and O–H groups in total. The largest absolute Gasteiger partial charge is 0.496 e. The number of hydrogen-bond acceptors (Lipinski definition) is 5. The Morgan fingerprint density at radius 3 is 1.57 bits per heavy atom. The van der Waals surface area contributed by atoms with Gasteiger partial charge in [-0.05, 0) is 35.7 Å². The minimum atomic E-state index is -0.687. The van der Waals surface area contributed by atoms with Gasteiger partial charge in [-0.15, -0.1) is 0 Å². The molecule has 0 aliphatic carbocycles. The number of ether oxygens (including phenoxy) is 4. The van der Waals surface area contributed by atoms with E-state index in [-0.39, 0.29) is 0 Å². The van der Waals surface area contributed by atoms with Crippen LogP contribution in [0.15, 0.2) is 78.9 Å². The highest BCUT2D eigenvalue weighted by Crippen LogP contribution is 2.48. The van der Waals surface area contributed by atoms with Crippen molar-refractivity contribution >= 4 is 10.8 Å². The quantitative estimate of drug-likeness (QED) is 0.103. The van der Waals surface area contributed by atoms with E-state index in [1.807, 2.05) is 78.9 Å². The summed E-state index contributed by atoms with van der Waals surface area (Å²) in [6, 6.07) is 25.9. The van der Waals surface area contributed by atoms with Gasteiger partial charge >= 0.3 is 0 Å². The van der Waals surface area contributed by atoms with Gasteiger partial charge in [-0.1, -0.05) is 132 Å². The lowest BCUT2D eigenvalue weighted by molar-refractivity contribution is 0.159. The average molecular weight is 599 g/mol. The molecular formula is C39H50O5. The van der Waals surface area contributed by atoms with Crippen molar-refractivity contribution < 1.29 is 24.1 Å². The molecule has 4 rings (SSSR count). The summed E-state index contributed by atoms with van der Waals surface area (Å²) >= 11 is 0. The molecule has 236 valence electrons. The fourth-order valence-corrected chi connectivity index (χ4v) is 5.78. The van der Waals surface area contributed by atoms with Gasteiger partial charge < -0.3 is 24.1 Å². The van der Waals surface area contributed by atoms with Crippen molar-refractivity contribution in [2.75, 3.05) is 14.2 Å². The molecule has 0 amide bonds. The van der Waals surface area contributed by atoms with E-state index >= 15 is 0 Å². The van der Waals surface area contributed by atoms with Crippen LogP contribution in [0, 0.1) is 0 Å². The third-order valence-corrected chi connectivity index (χ3v) is 8.24. The maximum Gasteiger partial charge on any atom is 0.136 e. The summed E-state index contributed by atoms with van der Waals surface area (Å²) in [6.07, 6.45) is 12.5. The second-order valence-electron chi connectivity index (χ2n) is 11.5. The van der Waals surface area contributed by atoms with Crippen LogP contribution >= 0.6 is 0 Å². The van der Waals surface area contributed by atoms with E-state index in [1.54, 1.807) is 14.2 Å². The lowest BCUT2D eigenvalue weighted by Crippen LogP contribution is -2.05. The molecule has 0 aromatic heterocycles. The van der Waals surface area contributed by atoms with Crippen molar-refractivity contribution in [2.45, 2.75) is 96.9 Å². The first-order valence-corrected chi connectivity index (χ1v) is 16.4. The molecule has 0 aliphatic rings. The van der Waals surface area contributed by atoms with E-state index in [0.29, 0.717) is 48.2 Å². The number of fused-ring (bicyclic) bond motifs is 1. The second kappa shape index (κ2) is 18.2.